The minimum Gasteiger partial charge on any atom is -0.314 e. The molecular weight excluding hydrogens is 234 g/mol. The van der Waals surface area contributed by atoms with Crippen LogP contribution < -0.4 is 5.32 Å². The number of likely N-dealkylation sites (tertiary alicyclic amines) is 1. The molecule has 0 amide bonds. The van der Waals surface area contributed by atoms with E-state index in [9.17, 15) is 0 Å². The number of hydrogen-bond donors (Lipinski definition) is 1. The first-order valence-corrected chi connectivity index (χ1v) is 8.50. The fraction of sp³-hybridized carbons (Fsp3) is 1.00. The predicted octanol–water partition coefficient (Wildman–Crippen LogP) is 2.08. The Morgan fingerprint density at radius 2 is 1.68 bits per heavy atom. The first-order chi connectivity index (χ1) is 9.33. The van der Waals surface area contributed by atoms with Crippen LogP contribution in [0.1, 0.15) is 51.4 Å². The first kappa shape index (κ1) is 13.8. The summed E-state index contributed by atoms with van der Waals surface area (Å²) in [7, 11) is 2.33. The van der Waals surface area contributed by atoms with Crippen LogP contribution in [0.3, 0.4) is 0 Å². The number of piperidine rings is 2. The third-order valence-electron chi connectivity index (χ3n) is 5.63. The maximum absolute atomic E-state index is 3.83. The molecule has 2 bridgehead atoms. The lowest BCUT2D eigenvalue weighted by molar-refractivity contribution is 0.147. The highest BCUT2D eigenvalue weighted by atomic mass is 15.2. The molecule has 110 valence electrons. The van der Waals surface area contributed by atoms with Crippen LogP contribution in [0.15, 0.2) is 0 Å². The molecule has 19 heavy (non-hydrogen) atoms. The lowest BCUT2D eigenvalue weighted by Crippen LogP contribution is -2.47. The average Bonchev–Trinajstić information content (AvgIpc) is 2.67. The molecule has 0 aliphatic carbocycles. The van der Waals surface area contributed by atoms with Gasteiger partial charge in [0.15, 0.2) is 0 Å². The number of hydrogen-bond acceptors (Lipinski definition) is 3. The molecule has 3 nitrogen and oxygen atoms in total. The standard InChI is InChI=1S/C16H31N3/c1-18-15-6-7-16(18)13-14(12-15)17-8-5-11-19-9-3-2-4-10-19/h14-17H,2-13H2,1H3. The molecule has 3 aliphatic rings. The van der Waals surface area contributed by atoms with Crippen molar-refractivity contribution in [3.05, 3.63) is 0 Å². The van der Waals surface area contributed by atoms with E-state index in [1.807, 2.05) is 0 Å². The van der Waals surface area contributed by atoms with Crippen LogP contribution in [0, 0.1) is 0 Å². The Balaban J connectivity index is 1.30. The highest BCUT2D eigenvalue weighted by molar-refractivity contribution is 4.95. The normalized spacial score (nSPS) is 36.8. The molecule has 3 heteroatoms. The van der Waals surface area contributed by atoms with Gasteiger partial charge in [-0.2, -0.15) is 0 Å². The summed E-state index contributed by atoms with van der Waals surface area (Å²) in [5, 5.41) is 3.83. The minimum absolute atomic E-state index is 0.801. The second kappa shape index (κ2) is 6.55. The summed E-state index contributed by atoms with van der Waals surface area (Å²) in [6, 6.07) is 2.55. The highest BCUT2D eigenvalue weighted by Crippen LogP contribution is 2.34. The van der Waals surface area contributed by atoms with E-state index in [-0.39, 0.29) is 0 Å². The lowest BCUT2D eigenvalue weighted by Gasteiger charge is -2.37. The predicted molar refractivity (Wildman–Crippen MR) is 80.5 cm³/mol. The number of fused-ring (bicyclic) bond motifs is 2. The van der Waals surface area contributed by atoms with E-state index in [0.29, 0.717) is 0 Å². The van der Waals surface area contributed by atoms with E-state index in [1.165, 1.54) is 77.5 Å². The van der Waals surface area contributed by atoms with E-state index in [2.05, 4.69) is 22.2 Å². The zero-order valence-electron chi connectivity index (χ0n) is 12.6. The Kier molecular flexibility index (Phi) is 4.78. The molecular formula is C16H31N3. The molecule has 3 rings (SSSR count). The van der Waals surface area contributed by atoms with Crippen LogP contribution in [-0.2, 0) is 0 Å². The summed E-state index contributed by atoms with van der Waals surface area (Å²) in [4.78, 5) is 5.29. The SMILES string of the molecule is CN1C2CCC1CC(NCCCN1CCCCC1)C2. The molecule has 3 saturated heterocycles. The Hall–Kier alpha value is -0.120. The third-order valence-corrected chi connectivity index (χ3v) is 5.63. The maximum Gasteiger partial charge on any atom is 0.0111 e. The van der Waals surface area contributed by atoms with Crippen LogP contribution in [0.5, 0.6) is 0 Å². The first-order valence-electron chi connectivity index (χ1n) is 8.50. The fourth-order valence-electron chi connectivity index (χ4n) is 4.37. The van der Waals surface area contributed by atoms with Crippen LogP contribution in [0.4, 0.5) is 0 Å². The third kappa shape index (κ3) is 3.50. The summed E-state index contributed by atoms with van der Waals surface area (Å²) < 4.78 is 0. The molecule has 2 atom stereocenters. The second-order valence-corrected chi connectivity index (χ2v) is 6.93. The van der Waals surface area contributed by atoms with E-state index >= 15 is 0 Å². The van der Waals surface area contributed by atoms with Gasteiger partial charge in [-0.1, -0.05) is 6.42 Å². The average molecular weight is 265 g/mol. The monoisotopic (exact) mass is 265 g/mol. The van der Waals surface area contributed by atoms with E-state index in [1.54, 1.807) is 0 Å². The second-order valence-electron chi connectivity index (χ2n) is 6.93. The van der Waals surface area contributed by atoms with Gasteiger partial charge in [0.05, 0.1) is 0 Å². The molecule has 1 N–H and O–H groups in total. The molecule has 0 saturated carbocycles. The van der Waals surface area contributed by atoms with Gasteiger partial charge in [-0.3, -0.25) is 0 Å². The fourth-order valence-corrected chi connectivity index (χ4v) is 4.37. The van der Waals surface area contributed by atoms with Gasteiger partial charge in [0.25, 0.3) is 0 Å². The Bertz CT molecular complexity index is 261. The van der Waals surface area contributed by atoms with Crippen molar-refractivity contribution in [2.45, 2.75) is 69.5 Å². The lowest BCUT2D eigenvalue weighted by atomic mass is 9.98. The Morgan fingerprint density at radius 3 is 2.37 bits per heavy atom. The van der Waals surface area contributed by atoms with Crippen molar-refractivity contribution in [1.29, 1.82) is 0 Å². The topological polar surface area (TPSA) is 18.5 Å². The van der Waals surface area contributed by atoms with Crippen molar-refractivity contribution in [3.63, 3.8) is 0 Å². The molecule has 0 aromatic carbocycles. The van der Waals surface area contributed by atoms with Gasteiger partial charge in [0.1, 0.15) is 0 Å². The largest absolute Gasteiger partial charge is 0.314 e. The summed E-state index contributed by atoms with van der Waals surface area (Å²) >= 11 is 0. The highest BCUT2D eigenvalue weighted by Gasteiger charge is 2.37. The zero-order chi connectivity index (χ0) is 13.1. The van der Waals surface area contributed by atoms with Gasteiger partial charge in [-0.05, 0) is 78.2 Å². The van der Waals surface area contributed by atoms with Crippen molar-refractivity contribution in [2.75, 3.05) is 33.2 Å². The summed E-state index contributed by atoms with van der Waals surface area (Å²) in [6.45, 7) is 5.23. The Labute approximate surface area is 118 Å². The van der Waals surface area contributed by atoms with E-state index in [0.717, 1.165) is 18.1 Å². The number of rotatable bonds is 5. The van der Waals surface area contributed by atoms with Gasteiger partial charge in [-0.15, -0.1) is 0 Å². The molecule has 2 unspecified atom stereocenters. The number of nitrogens with one attached hydrogen (secondary N) is 1. The minimum atomic E-state index is 0.801. The molecule has 0 aromatic heterocycles. The number of nitrogens with zero attached hydrogens (tertiary/aromatic N) is 2. The van der Waals surface area contributed by atoms with Crippen molar-refractivity contribution in [3.8, 4) is 0 Å². The van der Waals surface area contributed by atoms with Crippen molar-refractivity contribution >= 4 is 0 Å². The van der Waals surface area contributed by atoms with E-state index in [4.69, 9.17) is 0 Å². The smallest absolute Gasteiger partial charge is 0.0111 e. The quantitative estimate of drug-likeness (QED) is 0.768. The van der Waals surface area contributed by atoms with Crippen LogP contribution in [-0.4, -0.2) is 61.2 Å². The van der Waals surface area contributed by atoms with Gasteiger partial charge < -0.3 is 15.1 Å². The summed E-state index contributed by atoms with van der Waals surface area (Å²) in [5.41, 5.74) is 0. The van der Waals surface area contributed by atoms with Crippen molar-refractivity contribution in [2.24, 2.45) is 0 Å². The van der Waals surface area contributed by atoms with Crippen LogP contribution >= 0.6 is 0 Å². The Morgan fingerprint density at radius 1 is 1.00 bits per heavy atom. The van der Waals surface area contributed by atoms with Crippen LogP contribution in [0.25, 0.3) is 0 Å². The van der Waals surface area contributed by atoms with Crippen LogP contribution in [0.2, 0.25) is 0 Å². The molecule has 3 fully saturated rings. The molecule has 0 aromatic rings. The van der Waals surface area contributed by atoms with Gasteiger partial charge in [0.2, 0.25) is 0 Å². The van der Waals surface area contributed by atoms with Crippen molar-refractivity contribution < 1.29 is 0 Å². The molecule has 3 heterocycles. The van der Waals surface area contributed by atoms with Gasteiger partial charge >= 0.3 is 0 Å². The van der Waals surface area contributed by atoms with Gasteiger partial charge in [-0.25, -0.2) is 0 Å². The molecule has 3 aliphatic heterocycles. The molecule has 0 spiro atoms. The van der Waals surface area contributed by atoms with Gasteiger partial charge in [0, 0.05) is 18.1 Å². The van der Waals surface area contributed by atoms with Crippen molar-refractivity contribution in [1.82, 2.24) is 15.1 Å². The molecule has 0 radical (unpaired) electrons. The zero-order valence-corrected chi connectivity index (χ0v) is 12.6. The van der Waals surface area contributed by atoms with E-state index < -0.39 is 0 Å². The summed E-state index contributed by atoms with van der Waals surface area (Å²) in [6.07, 6.45) is 11.3. The maximum atomic E-state index is 3.83. The summed E-state index contributed by atoms with van der Waals surface area (Å²) in [5.74, 6) is 0.